The van der Waals surface area contributed by atoms with Crippen LogP contribution in [0, 0.1) is 0 Å². The number of methoxy groups -OCH3 is 7. The molecule has 10 heteroatoms. The summed E-state index contributed by atoms with van der Waals surface area (Å²) in [5.74, 6) is 4.03. The van der Waals surface area contributed by atoms with Crippen molar-refractivity contribution in [2.75, 3.05) is 49.8 Å². The zero-order valence-corrected chi connectivity index (χ0v) is 56.0. The van der Waals surface area contributed by atoms with Crippen LogP contribution in [0.25, 0.3) is 49.7 Å². The summed E-state index contributed by atoms with van der Waals surface area (Å²) < 4.78 is 40.2. The minimum absolute atomic E-state index is 0.0275. The first-order chi connectivity index (χ1) is 42.8. The molecule has 0 N–H and O–H groups in total. The van der Waals surface area contributed by atoms with E-state index < -0.39 is 0 Å². The van der Waals surface area contributed by atoms with Crippen LogP contribution in [-0.4, -0.2) is 64.3 Å². The quantitative estimate of drug-likeness (QED) is 0.118. The second kappa shape index (κ2) is 34.2. The molecule has 0 amide bonds. The van der Waals surface area contributed by atoms with Crippen molar-refractivity contribution in [2.24, 2.45) is 0 Å². The van der Waals surface area contributed by atoms with Gasteiger partial charge in [-0.1, -0.05) is 174 Å². The van der Waals surface area contributed by atoms with E-state index >= 15 is 0 Å². The number of fused-ring (bicyclic) bond motifs is 7. The number of ether oxygens (including phenoxy) is 7. The molecule has 7 aromatic carbocycles. The monoisotopic (exact) mass is 1190 g/mol. The molecule has 10 nitrogen and oxygen atoms in total. The zero-order chi connectivity index (χ0) is 64.4. The molecular formula is C78H97N3O7. The van der Waals surface area contributed by atoms with Gasteiger partial charge in [0, 0.05) is 72.0 Å². The van der Waals surface area contributed by atoms with Crippen LogP contribution in [0.5, 0.6) is 28.7 Å². The molecule has 3 heterocycles. The lowest BCUT2D eigenvalue weighted by Gasteiger charge is -2.30. The fraction of sp³-hybridized carbons (Fsp3) is 0.333. The molecule has 0 saturated heterocycles. The Morgan fingerprint density at radius 1 is 0.375 bits per heavy atom. The molecule has 0 atom stereocenters. The minimum atomic E-state index is -0.0865. The van der Waals surface area contributed by atoms with Gasteiger partial charge in [-0.2, -0.15) is 0 Å². The Morgan fingerprint density at radius 3 is 1.11 bits per heavy atom. The van der Waals surface area contributed by atoms with E-state index in [-0.39, 0.29) is 16.2 Å². The lowest BCUT2D eigenvalue weighted by molar-refractivity contribution is 0.180. The van der Waals surface area contributed by atoms with Gasteiger partial charge in [-0.25, -0.2) is 0 Å². The summed E-state index contributed by atoms with van der Waals surface area (Å²) in [4.78, 5) is 8.30. The number of benzene rings is 7. The molecule has 0 fully saturated rings. The molecule has 88 heavy (non-hydrogen) atoms. The number of aromatic nitrogens is 3. The van der Waals surface area contributed by atoms with E-state index in [4.69, 9.17) is 33.2 Å². The maximum atomic E-state index is 5.68. The molecule has 0 radical (unpaired) electrons. The van der Waals surface area contributed by atoms with Gasteiger partial charge >= 0.3 is 0 Å². The number of rotatable bonds is 12. The van der Waals surface area contributed by atoms with E-state index in [2.05, 4.69) is 170 Å². The summed E-state index contributed by atoms with van der Waals surface area (Å²) in [5.41, 5.74) is 15.9. The van der Waals surface area contributed by atoms with E-state index in [1.165, 1.54) is 66.3 Å². The van der Waals surface area contributed by atoms with Crippen LogP contribution >= 0.6 is 0 Å². The number of para-hydroxylation sites is 2. The van der Waals surface area contributed by atoms with Crippen molar-refractivity contribution in [2.45, 2.75) is 125 Å². The number of hydrogen-bond acceptors (Lipinski definition) is 9. The van der Waals surface area contributed by atoms with E-state index in [1.54, 1.807) is 62.2 Å². The highest BCUT2D eigenvalue weighted by molar-refractivity contribution is 6.09. The van der Waals surface area contributed by atoms with Crippen molar-refractivity contribution in [1.29, 1.82) is 0 Å². The summed E-state index contributed by atoms with van der Waals surface area (Å²) in [6.07, 6.45) is 9.41. The van der Waals surface area contributed by atoms with Crippen LogP contribution < -0.4 is 23.7 Å². The normalized spacial score (nSPS) is 12.9. The third-order valence-electron chi connectivity index (χ3n) is 15.4. The molecule has 10 aromatic rings. The topological polar surface area (TPSA) is 95.3 Å². The SMILES string of the molecule is CC.CC.CC.CC.COCc1cccc(COC)c1.COc1cc2c(cc1OC)C1(CC2(C)C)CC(C)(C)c2cc(OC)c(OC)cc21.COc1ccc(-n2c3ccccc3c3ccccc32)cc1.c1cncc(-c2cccc(-c3cccnc3)c2)c1. The Labute approximate surface area is 526 Å². The highest BCUT2D eigenvalue weighted by Crippen LogP contribution is 2.65. The van der Waals surface area contributed by atoms with Crippen molar-refractivity contribution in [3.63, 3.8) is 0 Å². The molecule has 3 aromatic heterocycles. The fourth-order valence-corrected chi connectivity index (χ4v) is 12.0. The Kier molecular flexibility index (Phi) is 27.3. The van der Waals surface area contributed by atoms with E-state index in [0.29, 0.717) is 13.2 Å². The average molecular weight is 1190 g/mol. The molecule has 0 unspecified atom stereocenters. The Bertz CT molecular complexity index is 3480. The lowest BCUT2D eigenvalue weighted by atomic mass is 9.72. The first-order valence-corrected chi connectivity index (χ1v) is 30.9. The largest absolute Gasteiger partial charge is 0.497 e. The van der Waals surface area contributed by atoms with E-state index in [9.17, 15) is 0 Å². The maximum absolute atomic E-state index is 5.68. The van der Waals surface area contributed by atoms with Gasteiger partial charge in [0.2, 0.25) is 0 Å². The van der Waals surface area contributed by atoms with Gasteiger partial charge in [0.15, 0.2) is 23.0 Å². The second-order valence-electron chi connectivity index (χ2n) is 21.5. The first kappa shape index (κ1) is 70.3. The lowest BCUT2D eigenvalue weighted by Crippen LogP contribution is -2.27. The van der Waals surface area contributed by atoms with Gasteiger partial charge < -0.3 is 37.7 Å². The molecule has 466 valence electrons. The van der Waals surface area contributed by atoms with Gasteiger partial charge in [-0.05, 0) is 147 Å². The average Bonchev–Trinajstić information content (AvgIpc) is 1.65. The summed E-state index contributed by atoms with van der Waals surface area (Å²) >= 11 is 0. The molecule has 0 saturated carbocycles. The fourth-order valence-electron chi connectivity index (χ4n) is 12.0. The zero-order valence-electron chi connectivity index (χ0n) is 56.0. The molecule has 2 aliphatic rings. The maximum Gasteiger partial charge on any atom is 0.161 e. The van der Waals surface area contributed by atoms with Crippen LogP contribution in [0.15, 0.2) is 195 Å². The van der Waals surface area contributed by atoms with Crippen molar-refractivity contribution in [1.82, 2.24) is 14.5 Å². The van der Waals surface area contributed by atoms with Crippen LogP contribution in [-0.2, 0) is 38.9 Å². The summed E-state index contributed by atoms with van der Waals surface area (Å²) in [6.45, 7) is 26.7. The number of hydrogen-bond donors (Lipinski definition) is 0. The predicted octanol–water partition coefficient (Wildman–Crippen LogP) is 20.1. The first-order valence-electron chi connectivity index (χ1n) is 30.9. The standard InChI is InChI=1S/C25H32O4.C19H15NO.C16H12N2.C10H14O2.4C2H6/c1-23(2)13-25(17-11-21(28-7)19(26-5)9-15(17)23)14-24(3,4)16-10-20(27-6)22(29-8)12-18(16)25;1-21-15-12-10-14(11-13-15)20-18-8-4-2-6-16(18)17-7-3-5-9-19(17)20;1-4-13(15-6-2-8-17-11-15)10-14(5-1)16-7-3-9-18-12-16;1-11-7-9-4-3-5-10(6-9)8-12-2;4*1-2/h9-12H,13-14H2,1-8H3;2-13H,1H3;1-12H;3-6H,7-8H2,1-2H3;4*1-2H3. The van der Waals surface area contributed by atoms with E-state index in [1.807, 2.05) is 110 Å². The molecule has 2 aliphatic carbocycles. The summed E-state index contributed by atoms with van der Waals surface area (Å²) in [7, 11) is 11.9. The van der Waals surface area contributed by atoms with Crippen LogP contribution in [0.4, 0.5) is 0 Å². The smallest absolute Gasteiger partial charge is 0.161 e. The van der Waals surface area contributed by atoms with Crippen LogP contribution in [0.2, 0.25) is 0 Å². The summed E-state index contributed by atoms with van der Waals surface area (Å²) in [5, 5.41) is 2.56. The number of nitrogens with zero attached hydrogens (tertiary/aromatic N) is 3. The molecule has 0 aliphatic heterocycles. The van der Waals surface area contributed by atoms with Crippen molar-refractivity contribution >= 4 is 21.8 Å². The molecule has 1 spiro atoms. The Balaban J connectivity index is 0.000000213. The van der Waals surface area contributed by atoms with Gasteiger partial charge in [0.25, 0.3) is 0 Å². The number of pyridine rings is 2. The van der Waals surface area contributed by atoms with Gasteiger partial charge in [-0.15, -0.1) is 0 Å². The molecule has 12 rings (SSSR count). The van der Waals surface area contributed by atoms with E-state index in [0.717, 1.165) is 58.4 Å². The third kappa shape index (κ3) is 16.2. The van der Waals surface area contributed by atoms with Crippen molar-refractivity contribution in [3.8, 4) is 56.7 Å². The van der Waals surface area contributed by atoms with Gasteiger partial charge in [-0.3, -0.25) is 9.97 Å². The third-order valence-corrected chi connectivity index (χ3v) is 15.4. The minimum Gasteiger partial charge on any atom is -0.497 e. The Hall–Kier alpha value is -8.44. The van der Waals surface area contributed by atoms with Crippen molar-refractivity contribution in [3.05, 3.63) is 228 Å². The summed E-state index contributed by atoms with van der Waals surface area (Å²) in [6, 6.07) is 58.6. The van der Waals surface area contributed by atoms with Crippen LogP contribution in [0.3, 0.4) is 0 Å². The molecular weight excluding hydrogens is 1090 g/mol. The van der Waals surface area contributed by atoms with Crippen LogP contribution in [0.1, 0.15) is 129 Å². The highest BCUT2D eigenvalue weighted by atomic mass is 16.5. The van der Waals surface area contributed by atoms with Gasteiger partial charge in [0.1, 0.15) is 5.75 Å². The Morgan fingerprint density at radius 2 is 0.750 bits per heavy atom. The predicted molar refractivity (Wildman–Crippen MR) is 369 cm³/mol. The molecule has 0 bridgehead atoms. The highest BCUT2D eigenvalue weighted by Gasteiger charge is 2.57. The van der Waals surface area contributed by atoms with Crippen molar-refractivity contribution < 1.29 is 33.2 Å². The second-order valence-corrected chi connectivity index (χ2v) is 21.5. The van der Waals surface area contributed by atoms with Gasteiger partial charge in [0.05, 0.1) is 59.8 Å².